The minimum absolute atomic E-state index is 0.0441. The number of nitrogens with zero attached hydrogens (tertiary/aromatic N) is 1. The summed E-state index contributed by atoms with van der Waals surface area (Å²) in [7, 11) is 0. The van der Waals surface area contributed by atoms with Crippen LogP contribution in [0.5, 0.6) is 0 Å². The SMILES string of the molecule is C[C@H](NC(=O)c1cc(Cl)ccc1NC/C=C/c1ccccc1[N+](=O)[O-])C(=O)N[C@H](CCC(N)=O)C(=O)O. The van der Waals surface area contributed by atoms with E-state index in [0.29, 0.717) is 11.3 Å². The number of benzene rings is 2. The first-order valence-corrected chi connectivity index (χ1v) is 11.4. The van der Waals surface area contributed by atoms with Crippen molar-refractivity contribution < 1.29 is 29.2 Å². The lowest BCUT2D eigenvalue weighted by Gasteiger charge is -2.19. The number of para-hydroxylation sites is 1. The van der Waals surface area contributed by atoms with Crippen molar-refractivity contribution in [2.24, 2.45) is 5.73 Å². The van der Waals surface area contributed by atoms with Crippen molar-refractivity contribution >= 4 is 52.7 Å². The van der Waals surface area contributed by atoms with Gasteiger partial charge in [0.25, 0.3) is 11.6 Å². The lowest BCUT2D eigenvalue weighted by Crippen LogP contribution is -2.50. The second-order valence-corrected chi connectivity index (χ2v) is 8.33. The number of rotatable bonds is 13. The van der Waals surface area contributed by atoms with E-state index < -0.39 is 40.7 Å². The smallest absolute Gasteiger partial charge is 0.326 e. The van der Waals surface area contributed by atoms with Crippen LogP contribution in [0.15, 0.2) is 48.5 Å². The number of amides is 3. The Kier molecular flexibility index (Phi) is 10.6. The lowest BCUT2D eigenvalue weighted by atomic mass is 10.1. The van der Waals surface area contributed by atoms with Crippen LogP contribution >= 0.6 is 11.6 Å². The maximum Gasteiger partial charge on any atom is 0.326 e. The number of aliphatic carboxylic acids is 1. The van der Waals surface area contributed by atoms with Crippen LogP contribution in [0, 0.1) is 10.1 Å². The molecule has 0 aliphatic rings. The Balaban J connectivity index is 2.06. The number of carboxylic acid groups (broad SMARTS) is 1. The number of nitro groups is 1. The normalized spacial score (nSPS) is 12.4. The molecule has 3 amide bonds. The third-order valence-electron chi connectivity index (χ3n) is 5.10. The summed E-state index contributed by atoms with van der Waals surface area (Å²) >= 11 is 6.04. The summed E-state index contributed by atoms with van der Waals surface area (Å²) in [5.74, 6) is -3.48. The maximum atomic E-state index is 12.9. The topological polar surface area (TPSA) is 194 Å². The summed E-state index contributed by atoms with van der Waals surface area (Å²) in [6, 6.07) is 8.27. The highest BCUT2D eigenvalue weighted by Crippen LogP contribution is 2.22. The molecule has 0 saturated heterocycles. The van der Waals surface area contributed by atoms with Crippen molar-refractivity contribution in [3.8, 4) is 0 Å². The van der Waals surface area contributed by atoms with Gasteiger partial charge in [-0.3, -0.25) is 24.5 Å². The molecular formula is C24H26ClN5O7. The van der Waals surface area contributed by atoms with Crippen molar-refractivity contribution in [2.75, 3.05) is 11.9 Å². The number of nitrogens with two attached hydrogens (primary N) is 1. The Morgan fingerprint density at radius 3 is 2.51 bits per heavy atom. The fourth-order valence-corrected chi connectivity index (χ4v) is 3.36. The Morgan fingerprint density at radius 2 is 1.86 bits per heavy atom. The summed E-state index contributed by atoms with van der Waals surface area (Å²) in [4.78, 5) is 58.2. The van der Waals surface area contributed by atoms with Gasteiger partial charge in [0.1, 0.15) is 12.1 Å². The molecule has 2 atom stereocenters. The van der Waals surface area contributed by atoms with Gasteiger partial charge in [-0.15, -0.1) is 0 Å². The van der Waals surface area contributed by atoms with E-state index in [4.69, 9.17) is 17.3 Å². The van der Waals surface area contributed by atoms with Gasteiger partial charge in [0.05, 0.1) is 16.1 Å². The van der Waals surface area contributed by atoms with E-state index in [9.17, 15) is 34.4 Å². The first-order chi connectivity index (χ1) is 17.5. The van der Waals surface area contributed by atoms with Gasteiger partial charge in [0.2, 0.25) is 11.8 Å². The van der Waals surface area contributed by atoms with Crippen molar-refractivity contribution in [1.82, 2.24) is 10.6 Å². The molecule has 12 nitrogen and oxygen atoms in total. The van der Waals surface area contributed by atoms with Gasteiger partial charge in [-0.2, -0.15) is 0 Å². The highest BCUT2D eigenvalue weighted by Gasteiger charge is 2.25. The molecular weight excluding hydrogens is 506 g/mol. The summed E-state index contributed by atoms with van der Waals surface area (Å²) in [6.45, 7) is 1.58. The highest BCUT2D eigenvalue weighted by molar-refractivity contribution is 6.31. The van der Waals surface area contributed by atoms with Crippen LogP contribution in [0.3, 0.4) is 0 Å². The fourth-order valence-electron chi connectivity index (χ4n) is 3.19. The fraction of sp³-hybridized carbons (Fsp3) is 0.250. The molecule has 0 radical (unpaired) electrons. The number of carboxylic acids is 1. The molecule has 2 aromatic rings. The van der Waals surface area contributed by atoms with E-state index in [1.54, 1.807) is 42.5 Å². The molecule has 0 saturated carbocycles. The van der Waals surface area contributed by atoms with E-state index in [2.05, 4.69) is 16.0 Å². The van der Waals surface area contributed by atoms with Crippen LogP contribution in [0.4, 0.5) is 11.4 Å². The first kappa shape index (κ1) is 28.8. The Labute approximate surface area is 217 Å². The van der Waals surface area contributed by atoms with Crippen LogP contribution in [0.25, 0.3) is 6.08 Å². The number of carbonyl (C=O) groups excluding carboxylic acids is 3. The van der Waals surface area contributed by atoms with E-state index in [0.717, 1.165) is 0 Å². The standard InChI is InChI=1S/C24H26ClN5O7/c1-14(22(32)29-19(24(34)35)10-11-21(26)31)28-23(33)17-13-16(25)8-9-18(17)27-12-4-6-15-5-2-3-7-20(15)30(36)37/h2-9,13-14,19,27H,10-12H2,1H3,(H2,26,31)(H,28,33)(H,29,32)(H,34,35)/b6-4+/t14-,19+/m0/s1. The van der Waals surface area contributed by atoms with Crippen LogP contribution in [-0.4, -0.2) is 52.3 Å². The molecule has 0 aromatic heterocycles. The predicted molar refractivity (Wildman–Crippen MR) is 137 cm³/mol. The third-order valence-corrected chi connectivity index (χ3v) is 5.34. The number of halogens is 1. The molecule has 2 rings (SSSR count). The van der Waals surface area contributed by atoms with Crippen LogP contribution < -0.4 is 21.7 Å². The molecule has 0 aliphatic carbocycles. The number of hydrogen-bond acceptors (Lipinski definition) is 7. The van der Waals surface area contributed by atoms with E-state index >= 15 is 0 Å². The Bertz CT molecular complexity index is 1220. The molecule has 0 spiro atoms. The van der Waals surface area contributed by atoms with Crippen molar-refractivity contribution in [3.05, 3.63) is 74.8 Å². The number of nitro benzene ring substituents is 1. The van der Waals surface area contributed by atoms with Crippen molar-refractivity contribution in [1.29, 1.82) is 0 Å². The quantitative estimate of drug-likeness (QED) is 0.192. The van der Waals surface area contributed by atoms with Crippen LogP contribution in [-0.2, 0) is 14.4 Å². The number of hydrogen-bond donors (Lipinski definition) is 5. The zero-order valence-electron chi connectivity index (χ0n) is 19.8. The van der Waals surface area contributed by atoms with Crippen LogP contribution in [0.1, 0.15) is 35.7 Å². The highest BCUT2D eigenvalue weighted by atomic mass is 35.5. The average Bonchev–Trinajstić information content (AvgIpc) is 2.84. The molecule has 0 aliphatic heterocycles. The molecule has 0 unspecified atom stereocenters. The van der Waals surface area contributed by atoms with E-state index in [-0.39, 0.29) is 35.7 Å². The predicted octanol–water partition coefficient (Wildman–Crippen LogP) is 2.33. The van der Waals surface area contributed by atoms with E-state index in [1.807, 2.05) is 0 Å². The number of anilines is 1. The van der Waals surface area contributed by atoms with Crippen molar-refractivity contribution in [2.45, 2.75) is 31.8 Å². The molecule has 2 aromatic carbocycles. The minimum Gasteiger partial charge on any atom is -0.480 e. The monoisotopic (exact) mass is 531 g/mol. The Hall–Kier alpha value is -4.45. The molecule has 196 valence electrons. The maximum absolute atomic E-state index is 12.9. The second-order valence-electron chi connectivity index (χ2n) is 7.89. The largest absolute Gasteiger partial charge is 0.480 e. The van der Waals surface area contributed by atoms with Gasteiger partial charge >= 0.3 is 5.97 Å². The summed E-state index contributed by atoms with van der Waals surface area (Å²) < 4.78 is 0. The summed E-state index contributed by atoms with van der Waals surface area (Å²) in [6.07, 6.45) is 2.79. The van der Waals surface area contributed by atoms with Gasteiger partial charge in [0.15, 0.2) is 0 Å². The number of primary amides is 1. The van der Waals surface area contributed by atoms with Gasteiger partial charge in [0, 0.05) is 29.7 Å². The second kappa shape index (κ2) is 13.6. The van der Waals surface area contributed by atoms with E-state index in [1.165, 1.54) is 19.1 Å². The molecule has 37 heavy (non-hydrogen) atoms. The average molecular weight is 532 g/mol. The molecule has 0 heterocycles. The van der Waals surface area contributed by atoms with Gasteiger partial charge in [-0.25, -0.2) is 4.79 Å². The number of carbonyl (C=O) groups is 4. The van der Waals surface area contributed by atoms with Gasteiger partial charge < -0.3 is 26.8 Å². The third kappa shape index (κ3) is 8.93. The van der Waals surface area contributed by atoms with Gasteiger partial charge in [-0.05, 0) is 37.6 Å². The molecule has 0 bridgehead atoms. The zero-order valence-corrected chi connectivity index (χ0v) is 20.5. The molecule has 6 N–H and O–H groups in total. The molecule has 0 fully saturated rings. The first-order valence-electron chi connectivity index (χ1n) is 11.0. The van der Waals surface area contributed by atoms with Crippen molar-refractivity contribution in [3.63, 3.8) is 0 Å². The Morgan fingerprint density at radius 1 is 1.16 bits per heavy atom. The zero-order chi connectivity index (χ0) is 27.5. The van der Waals surface area contributed by atoms with Crippen LogP contribution in [0.2, 0.25) is 5.02 Å². The molecule has 13 heteroatoms. The van der Waals surface area contributed by atoms with Gasteiger partial charge in [-0.1, -0.05) is 35.9 Å². The summed E-state index contributed by atoms with van der Waals surface area (Å²) in [5, 5.41) is 28.4. The number of nitrogens with one attached hydrogen (secondary N) is 3. The minimum atomic E-state index is -1.35. The lowest BCUT2D eigenvalue weighted by molar-refractivity contribution is -0.385. The summed E-state index contributed by atoms with van der Waals surface area (Å²) in [5.41, 5.74) is 5.90.